The standard InChI is InChI=1S/C11H22BrN3/c1-9(2)7-6-8-15(5)14-13-11(4)10(3)12/h10-11H,1,6-8H2,2-5H3/t10?,11-/m0/s1. The van der Waals surface area contributed by atoms with Crippen molar-refractivity contribution < 1.29 is 0 Å². The minimum Gasteiger partial charge on any atom is -0.282 e. The lowest BCUT2D eigenvalue weighted by molar-refractivity contribution is 0.315. The maximum Gasteiger partial charge on any atom is 0.0823 e. The van der Waals surface area contributed by atoms with E-state index in [9.17, 15) is 0 Å². The van der Waals surface area contributed by atoms with Gasteiger partial charge in [-0.3, -0.25) is 5.01 Å². The smallest absolute Gasteiger partial charge is 0.0823 e. The molecule has 1 unspecified atom stereocenters. The summed E-state index contributed by atoms with van der Waals surface area (Å²) in [5.41, 5.74) is 1.22. The fourth-order valence-corrected chi connectivity index (χ4v) is 1.02. The van der Waals surface area contributed by atoms with Gasteiger partial charge in [0.2, 0.25) is 0 Å². The zero-order valence-corrected chi connectivity index (χ0v) is 11.8. The molecule has 0 saturated carbocycles. The minimum absolute atomic E-state index is 0.216. The van der Waals surface area contributed by atoms with Crippen LogP contribution in [0.5, 0.6) is 0 Å². The Morgan fingerprint density at radius 2 is 2.07 bits per heavy atom. The van der Waals surface area contributed by atoms with Crippen molar-refractivity contribution in [3.63, 3.8) is 0 Å². The quantitative estimate of drug-likeness (QED) is 0.301. The van der Waals surface area contributed by atoms with Crippen LogP contribution < -0.4 is 0 Å². The molecule has 4 heteroatoms. The summed E-state index contributed by atoms with van der Waals surface area (Å²) in [7, 11) is 1.95. The summed E-state index contributed by atoms with van der Waals surface area (Å²) in [5, 5.41) is 10.2. The van der Waals surface area contributed by atoms with Crippen molar-refractivity contribution in [2.45, 2.75) is 44.5 Å². The van der Waals surface area contributed by atoms with E-state index < -0.39 is 0 Å². The van der Waals surface area contributed by atoms with Crippen molar-refractivity contribution in [1.29, 1.82) is 0 Å². The lowest BCUT2D eigenvalue weighted by Crippen LogP contribution is -2.15. The van der Waals surface area contributed by atoms with Gasteiger partial charge in [0, 0.05) is 18.4 Å². The van der Waals surface area contributed by atoms with Crippen LogP contribution in [-0.4, -0.2) is 29.5 Å². The Labute approximate surface area is 102 Å². The molecule has 2 atom stereocenters. The molecule has 88 valence electrons. The van der Waals surface area contributed by atoms with Gasteiger partial charge in [-0.25, -0.2) is 0 Å². The van der Waals surface area contributed by atoms with E-state index in [0.29, 0.717) is 4.83 Å². The number of hydrogen-bond donors (Lipinski definition) is 0. The average molecular weight is 276 g/mol. The third-order valence-corrected chi connectivity index (χ3v) is 2.90. The fourth-order valence-electron chi connectivity index (χ4n) is 0.916. The highest BCUT2D eigenvalue weighted by Gasteiger charge is 2.06. The molecule has 0 saturated heterocycles. The molecule has 0 bridgehead atoms. The van der Waals surface area contributed by atoms with Crippen LogP contribution in [0.3, 0.4) is 0 Å². The van der Waals surface area contributed by atoms with Gasteiger partial charge in [0.05, 0.1) is 6.04 Å². The number of hydrogen-bond acceptors (Lipinski definition) is 2. The topological polar surface area (TPSA) is 28.0 Å². The van der Waals surface area contributed by atoms with E-state index in [-0.39, 0.29) is 6.04 Å². The van der Waals surface area contributed by atoms with E-state index in [0.717, 1.165) is 19.4 Å². The van der Waals surface area contributed by atoms with Gasteiger partial charge in [-0.2, -0.15) is 5.11 Å². The second kappa shape index (κ2) is 7.85. The molecule has 0 aliphatic rings. The van der Waals surface area contributed by atoms with Crippen molar-refractivity contribution >= 4 is 15.9 Å². The van der Waals surface area contributed by atoms with E-state index in [2.05, 4.69) is 46.7 Å². The van der Waals surface area contributed by atoms with Crippen molar-refractivity contribution in [1.82, 2.24) is 5.01 Å². The van der Waals surface area contributed by atoms with Gasteiger partial charge in [-0.05, 0) is 26.7 Å². The van der Waals surface area contributed by atoms with Crippen LogP contribution >= 0.6 is 15.9 Å². The first-order chi connectivity index (χ1) is 6.93. The van der Waals surface area contributed by atoms with Crippen LogP contribution in [0.1, 0.15) is 33.6 Å². The molecule has 0 amide bonds. The zero-order valence-electron chi connectivity index (χ0n) is 10.2. The van der Waals surface area contributed by atoms with E-state index in [1.807, 2.05) is 19.0 Å². The molecule has 0 fully saturated rings. The highest BCUT2D eigenvalue weighted by molar-refractivity contribution is 9.09. The molecule has 0 radical (unpaired) electrons. The Bertz CT molecular complexity index is 214. The number of allylic oxidation sites excluding steroid dienone is 1. The monoisotopic (exact) mass is 275 g/mol. The van der Waals surface area contributed by atoms with Crippen LogP contribution in [0, 0.1) is 0 Å². The molecule has 15 heavy (non-hydrogen) atoms. The Balaban J connectivity index is 3.72. The lowest BCUT2D eigenvalue weighted by Gasteiger charge is -2.13. The van der Waals surface area contributed by atoms with Gasteiger partial charge < -0.3 is 0 Å². The van der Waals surface area contributed by atoms with Crippen LogP contribution in [0.25, 0.3) is 0 Å². The zero-order chi connectivity index (χ0) is 11.8. The first kappa shape index (κ1) is 14.6. The summed E-state index contributed by atoms with van der Waals surface area (Å²) in [6.07, 6.45) is 2.15. The molecule has 0 rings (SSSR count). The summed E-state index contributed by atoms with van der Waals surface area (Å²) in [4.78, 5) is 0.366. The van der Waals surface area contributed by atoms with Crippen LogP contribution in [0.15, 0.2) is 22.5 Å². The molecular formula is C11H22BrN3. The van der Waals surface area contributed by atoms with Crippen LogP contribution in [0.4, 0.5) is 0 Å². The van der Waals surface area contributed by atoms with Crippen LogP contribution in [0.2, 0.25) is 0 Å². The number of halogens is 1. The van der Waals surface area contributed by atoms with Crippen molar-refractivity contribution in [3.8, 4) is 0 Å². The second-order valence-corrected chi connectivity index (χ2v) is 5.51. The van der Waals surface area contributed by atoms with Gasteiger partial charge in [-0.1, -0.05) is 33.7 Å². The van der Waals surface area contributed by atoms with Crippen molar-refractivity contribution in [2.75, 3.05) is 13.6 Å². The summed E-state index contributed by atoms with van der Waals surface area (Å²) < 4.78 is 0. The van der Waals surface area contributed by atoms with Crippen molar-refractivity contribution in [2.24, 2.45) is 10.3 Å². The summed E-state index contributed by atoms with van der Waals surface area (Å²) >= 11 is 3.48. The van der Waals surface area contributed by atoms with Gasteiger partial charge in [0.25, 0.3) is 0 Å². The number of alkyl halides is 1. The second-order valence-electron chi connectivity index (χ2n) is 4.06. The van der Waals surface area contributed by atoms with Crippen molar-refractivity contribution in [3.05, 3.63) is 12.2 Å². The maximum atomic E-state index is 4.20. The molecule has 0 aliphatic heterocycles. The molecule has 0 N–H and O–H groups in total. The molecule has 0 spiro atoms. The van der Waals surface area contributed by atoms with E-state index >= 15 is 0 Å². The Morgan fingerprint density at radius 3 is 2.53 bits per heavy atom. The third-order valence-electron chi connectivity index (χ3n) is 2.14. The Hall–Kier alpha value is -0.380. The molecule has 0 aromatic rings. The summed E-state index contributed by atoms with van der Waals surface area (Å²) in [6, 6.07) is 0.216. The largest absolute Gasteiger partial charge is 0.282 e. The van der Waals surface area contributed by atoms with Gasteiger partial charge >= 0.3 is 0 Å². The average Bonchev–Trinajstić information content (AvgIpc) is 2.13. The highest BCUT2D eigenvalue weighted by atomic mass is 79.9. The first-order valence-electron chi connectivity index (χ1n) is 5.33. The first-order valence-corrected chi connectivity index (χ1v) is 6.25. The normalized spacial score (nSPS) is 15.3. The maximum absolute atomic E-state index is 4.20. The van der Waals surface area contributed by atoms with E-state index in [1.165, 1.54) is 5.57 Å². The van der Waals surface area contributed by atoms with Crippen LogP contribution in [-0.2, 0) is 0 Å². The predicted octanol–water partition coefficient (Wildman–Crippen LogP) is 3.81. The summed E-state index contributed by atoms with van der Waals surface area (Å²) in [6.45, 7) is 11.0. The molecular weight excluding hydrogens is 254 g/mol. The Morgan fingerprint density at radius 1 is 1.47 bits per heavy atom. The fraction of sp³-hybridized carbons (Fsp3) is 0.818. The minimum atomic E-state index is 0.216. The SMILES string of the molecule is C=C(C)CCCN(C)N=N[C@@H](C)C(C)Br. The molecule has 0 aromatic heterocycles. The molecule has 3 nitrogen and oxygen atoms in total. The highest BCUT2D eigenvalue weighted by Crippen LogP contribution is 2.08. The third kappa shape index (κ3) is 8.60. The van der Waals surface area contributed by atoms with E-state index in [4.69, 9.17) is 0 Å². The number of nitrogens with zero attached hydrogens (tertiary/aromatic N) is 3. The molecule has 0 aromatic carbocycles. The lowest BCUT2D eigenvalue weighted by atomic mass is 10.2. The molecule has 0 aliphatic carbocycles. The van der Waals surface area contributed by atoms with Gasteiger partial charge in [0.1, 0.15) is 0 Å². The predicted molar refractivity (Wildman–Crippen MR) is 69.4 cm³/mol. The Kier molecular flexibility index (Phi) is 7.65. The summed E-state index contributed by atoms with van der Waals surface area (Å²) in [5.74, 6) is 0. The van der Waals surface area contributed by atoms with E-state index in [1.54, 1.807) is 0 Å². The molecule has 0 heterocycles. The van der Waals surface area contributed by atoms with Gasteiger partial charge in [0.15, 0.2) is 0 Å². The number of rotatable bonds is 7. The van der Waals surface area contributed by atoms with Gasteiger partial charge in [-0.15, -0.1) is 6.58 Å².